The van der Waals surface area contributed by atoms with Gasteiger partial charge in [0.25, 0.3) is 0 Å². The number of aliphatic imine (C=N–C) groups is 1. The molecule has 0 aliphatic carbocycles. The molecule has 0 saturated carbocycles. The highest BCUT2D eigenvalue weighted by Gasteiger charge is 2.30. The van der Waals surface area contributed by atoms with E-state index in [0.29, 0.717) is 19.0 Å². The van der Waals surface area contributed by atoms with Gasteiger partial charge in [0.15, 0.2) is 5.82 Å². The predicted octanol–water partition coefficient (Wildman–Crippen LogP) is 3.47. The predicted molar refractivity (Wildman–Crippen MR) is 143 cm³/mol. The molecule has 2 N–H and O–H groups in total. The van der Waals surface area contributed by atoms with Crippen molar-refractivity contribution in [1.29, 1.82) is 0 Å². The Bertz CT molecular complexity index is 1060. The summed E-state index contributed by atoms with van der Waals surface area (Å²) in [5.41, 5.74) is 1.55. The first-order valence-electron chi connectivity index (χ1n) is 13.2. The van der Waals surface area contributed by atoms with Crippen LogP contribution in [0.25, 0.3) is 0 Å². The molecule has 2 saturated heterocycles. The van der Waals surface area contributed by atoms with Gasteiger partial charge in [-0.2, -0.15) is 4.98 Å². The lowest BCUT2D eigenvalue weighted by molar-refractivity contribution is -0.0214. The van der Waals surface area contributed by atoms with E-state index in [2.05, 4.69) is 24.8 Å². The van der Waals surface area contributed by atoms with E-state index in [-0.39, 0.29) is 49.3 Å². The minimum Gasteiger partial charge on any atom is -0.432 e. The van der Waals surface area contributed by atoms with Gasteiger partial charge in [-0.05, 0) is 56.0 Å². The number of aryl methyl sites for hydroxylation is 1. The van der Waals surface area contributed by atoms with Crippen LogP contribution in [0.4, 0.5) is 16.3 Å². The number of aromatic nitrogens is 2. The zero-order valence-electron chi connectivity index (χ0n) is 22.4. The van der Waals surface area contributed by atoms with Crippen molar-refractivity contribution < 1.29 is 47.2 Å². The molecule has 0 aromatic carbocycles. The third-order valence-corrected chi connectivity index (χ3v) is 7.81. The maximum atomic E-state index is 12.1. The number of fused-ring (bicyclic) bond motifs is 1. The van der Waals surface area contributed by atoms with Crippen molar-refractivity contribution in [3.63, 3.8) is 0 Å². The second kappa shape index (κ2) is 15.4. The summed E-state index contributed by atoms with van der Waals surface area (Å²) in [5, 5.41) is 3.59. The van der Waals surface area contributed by atoms with Gasteiger partial charge >= 0.3 is 13.8 Å². The molecule has 3 aliphatic heterocycles. The van der Waals surface area contributed by atoms with E-state index in [0.717, 1.165) is 49.9 Å². The summed E-state index contributed by atoms with van der Waals surface area (Å²) >= 11 is 6.19. The number of halogens is 1. The second-order valence-electron chi connectivity index (χ2n) is 9.73. The first kappa shape index (κ1) is 31.0. The van der Waals surface area contributed by atoms with E-state index in [1.165, 1.54) is 7.11 Å². The van der Waals surface area contributed by atoms with Gasteiger partial charge in [-0.15, -0.1) is 0 Å². The number of nitrogens with zero attached hydrogens (tertiary/aromatic N) is 3. The Hall–Kier alpha value is -1.90. The smallest absolute Gasteiger partial charge is 0.432 e. The summed E-state index contributed by atoms with van der Waals surface area (Å²) in [6, 6.07) is 0.171. The molecular formula is C24H36ClN4O10P. The van der Waals surface area contributed by atoms with Gasteiger partial charge in [0, 0.05) is 19.9 Å². The number of rotatable bonds is 14. The number of carbonyl (C=O) groups excluding carboxylic acids is 1. The highest BCUT2D eigenvalue weighted by Crippen LogP contribution is 2.42. The molecule has 14 nitrogen and oxygen atoms in total. The van der Waals surface area contributed by atoms with Crippen LogP contribution in [0.15, 0.2) is 4.99 Å². The Morgan fingerprint density at radius 3 is 2.85 bits per heavy atom. The van der Waals surface area contributed by atoms with E-state index in [1.807, 2.05) is 6.21 Å². The number of carbonyl (C=O) groups is 1. The third-order valence-electron chi connectivity index (χ3n) is 6.62. The number of hydrogen-bond acceptors (Lipinski definition) is 13. The van der Waals surface area contributed by atoms with Crippen LogP contribution in [-0.4, -0.2) is 98.8 Å². The van der Waals surface area contributed by atoms with E-state index in [9.17, 15) is 14.3 Å². The van der Waals surface area contributed by atoms with Crippen LogP contribution in [0, 0.1) is 5.92 Å². The monoisotopic (exact) mass is 606 g/mol. The highest BCUT2D eigenvalue weighted by molar-refractivity contribution is 7.52. The maximum Gasteiger partial charge on any atom is 0.510 e. The van der Waals surface area contributed by atoms with E-state index < -0.39 is 26.9 Å². The molecule has 1 aromatic heterocycles. The minimum absolute atomic E-state index is 0.00263. The van der Waals surface area contributed by atoms with Crippen LogP contribution in [0.1, 0.15) is 37.8 Å². The standard InChI is InChI=1S/C24H36ClN4O10P/c1-33-8-9-36-24(30)37-14-38-40(31,32)15-35-13-19-4-3-18(39-19)10-16-2-5-20-21(26-11-16)22(29-23(25)28-20)27-17-6-7-34-12-17/h11,16-19H,2-10,12-15H2,1H3,(H,31,32)(H,27,28,29)/t16-,17+,18?,19+/m1/s1. The highest BCUT2D eigenvalue weighted by atomic mass is 35.5. The average molecular weight is 607 g/mol. The van der Waals surface area contributed by atoms with Crippen molar-refractivity contribution in [3.05, 3.63) is 11.0 Å². The van der Waals surface area contributed by atoms with Gasteiger partial charge in [0.05, 0.1) is 43.8 Å². The Labute approximate surface area is 237 Å². The first-order valence-corrected chi connectivity index (χ1v) is 15.4. The van der Waals surface area contributed by atoms with Gasteiger partial charge in [-0.1, -0.05) is 0 Å². The van der Waals surface area contributed by atoms with Crippen molar-refractivity contribution in [2.75, 3.05) is 58.6 Å². The third kappa shape index (κ3) is 9.88. The van der Waals surface area contributed by atoms with Crippen LogP contribution in [0.2, 0.25) is 5.28 Å². The number of hydrogen-bond donors (Lipinski definition) is 2. The van der Waals surface area contributed by atoms with Crippen molar-refractivity contribution in [3.8, 4) is 0 Å². The Balaban J connectivity index is 1.17. The van der Waals surface area contributed by atoms with Crippen LogP contribution in [0.3, 0.4) is 0 Å². The normalized spacial score (nSPS) is 25.7. The molecule has 40 heavy (non-hydrogen) atoms. The quantitative estimate of drug-likeness (QED) is 0.104. The molecule has 0 spiro atoms. The fourth-order valence-corrected chi connectivity index (χ4v) is 5.45. The summed E-state index contributed by atoms with van der Waals surface area (Å²) in [4.78, 5) is 34.7. The molecule has 0 bridgehead atoms. The Morgan fingerprint density at radius 2 is 2.05 bits per heavy atom. The molecule has 2 fully saturated rings. The van der Waals surface area contributed by atoms with Crippen LogP contribution in [-0.2, 0) is 43.9 Å². The average Bonchev–Trinajstić information content (AvgIpc) is 3.54. The van der Waals surface area contributed by atoms with Crippen LogP contribution >= 0.6 is 19.2 Å². The summed E-state index contributed by atoms with van der Waals surface area (Å²) in [6.07, 6.45) is 5.04. The fraction of sp³-hybridized carbons (Fsp3) is 0.750. The molecule has 224 valence electrons. The molecule has 1 aromatic rings. The van der Waals surface area contributed by atoms with Crippen molar-refractivity contribution in [1.82, 2.24) is 9.97 Å². The second-order valence-corrected chi connectivity index (χ2v) is 11.9. The van der Waals surface area contributed by atoms with Gasteiger partial charge in [-0.25, -0.2) is 9.78 Å². The molecule has 3 aliphatic rings. The summed E-state index contributed by atoms with van der Waals surface area (Å²) in [7, 11) is -2.66. The lowest BCUT2D eigenvalue weighted by Crippen LogP contribution is -2.20. The van der Waals surface area contributed by atoms with Gasteiger partial charge < -0.3 is 38.6 Å². The van der Waals surface area contributed by atoms with Crippen LogP contribution < -0.4 is 5.32 Å². The lowest BCUT2D eigenvalue weighted by atomic mass is 9.96. The van der Waals surface area contributed by atoms with Crippen molar-refractivity contribution in [2.24, 2.45) is 10.9 Å². The van der Waals surface area contributed by atoms with Gasteiger partial charge in [-0.3, -0.25) is 14.1 Å². The molecule has 5 atom stereocenters. The lowest BCUT2D eigenvalue weighted by Gasteiger charge is -2.18. The number of anilines is 1. The first-order chi connectivity index (χ1) is 19.3. The van der Waals surface area contributed by atoms with Gasteiger partial charge in [0.2, 0.25) is 12.1 Å². The molecule has 4 heterocycles. The summed E-state index contributed by atoms with van der Waals surface area (Å²) in [5.74, 6) is 0.822. The fourth-order valence-electron chi connectivity index (χ4n) is 4.64. The molecule has 4 rings (SSSR count). The SMILES string of the molecule is COCCOC(=O)OCOP(=O)(O)COC[C@@H]1CCC(C[C@@H]2C=Nc3c(nc(Cl)nc3N[C@H]3CCOC3)CC2)O1. The Morgan fingerprint density at radius 1 is 1.20 bits per heavy atom. The number of ether oxygens (including phenoxy) is 6. The van der Waals surface area contributed by atoms with E-state index >= 15 is 0 Å². The van der Waals surface area contributed by atoms with Crippen LogP contribution in [0.5, 0.6) is 0 Å². The topological polar surface area (TPSA) is 169 Å². The molecule has 0 amide bonds. The van der Waals surface area contributed by atoms with Gasteiger partial charge in [0.1, 0.15) is 18.6 Å². The van der Waals surface area contributed by atoms with Crippen molar-refractivity contribution >= 4 is 43.1 Å². The van der Waals surface area contributed by atoms with E-state index in [4.69, 9.17) is 40.1 Å². The maximum absolute atomic E-state index is 12.1. The Kier molecular flexibility index (Phi) is 11.9. The largest absolute Gasteiger partial charge is 0.510 e. The number of methoxy groups -OCH3 is 1. The molecule has 16 heteroatoms. The molecular weight excluding hydrogens is 571 g/mol. The molecule has 2 unspecified atom stereocenters. The minimum atomic E-state index is -4.12. The van der Waals surface area contributed by atoms with Crippen molar-refractivity contribution in [2.45, 2.75) is 56.8 Å². The summed E-state index contributed by atoms with van der Waals surface area (Å²) in [6.45, 7) is 0.945. The number of nitrogens with one attached hydrogen (secondary N) is 1. The zero-order valence-corrected chi connectivity index (χ0v) is 24.0. The zero-order chi connectivity index (χ0) is 28.4. The van der Waals surface area contributed by atoms with E-state index in [1.54, 1.807) is 0 Å². The summed E-state index contributed by atoms with van der Waals surface area (Å²) < 4.78 is 47.7. The molecule has 0 radical (unpaired) electrons.